The summed E-state index contributed by atoms with van der Waals surface area (Å²) in [6.45, 7) is 5.31. The molecule has 2 unspecified atom stereocenters. The Kier molecular flexibility index (Phi) is 7.59. The van der Waals surface area contributed by atoms with E-state index in [0.29, 0.717) is 13.2 Å². The Balaban J connectivity index is 2.67. The molecule has 0 amide bonds. The van der Waals surface area contributed by atoms with Gasteiger partial charge in [-0.3, -0.25) is 0 Å². The van der Waals surface area contributed by atoms with Crippen LogP contribution in [0.25, 0.3) is 0 Å². The Bertz CT molecular complexity index is 395. The molecule has 20 heavy (non-hydrogen) atoms. The van der Waals surface area contributed by atoms with E-state index >= 15 is 0 Å². The highest BCUT2D eigenvalue weighted by molar-refractivity contribution is 5.38. The summed E-state index contributed by atoms with van der Waals surface area (Å²) in [6.07, 6.45) is 1.55. The summed E-state index contributed by atoms with van der Waals surface area (Å²) in [4.78, 5) is 0. The number of aliphatic hydroxyl groups is 1. The normalized spacial score (nSPS) is 14.1. The molecule has 0 spiro atoms. The maximum absolute atomic E-state index is 9.76. The minimum atomic E-state index is -0.279. The number of rotatable bonds is 9. The first-order valence-electron chi connectivity index (χ1n) is 7.19. The Morgan fingerprint density at radius 1 is 1.30 bits per heavy atom. The fraction of sp³-hybridized carbons (Fsp3) is 0.625. The Morgan fingerprint density at radius 3 is 2.65 bits per heavy atom. The minimum Gasteiger partial charge on any atom is -0.496 e. The zero-order valence-electron chi connectivity index (χ0n) is 13.0. The van der Waals surface area contributed by atoms with E-state index in [-0.39, 0.29) is 12.1 Å². The summed E-state index contributed by atoms with van der Waals surface area (Å²) in [6, 6.07) is 6.28. The predicted molar refractivity (Wildman–Crippen MR) is 81.0 cm³/mol. The molecular weight excluding hydrogens is 254 g/mol. The van der Waals surface area contributed by atoms with Crippen LogP contribution in [0.1, 0.15) is 43.9 Å². The molecule has 0 heterocycles. The van der Waals surface area contributed by atoms with Crippen molar-refractivity contribution < 1.29 is 14.6 Å². The topological polar surface area (TPSA) is 50.7 Å². The molecule has 0 aliphatic heterocycles. The van der Waals surface area contributed by atoms with Gasteiger partial charge in [-0.05, 0) is 31.0 Å². The van der Waals surface area contributed by atoms with Crippen LogP contribution in [0.5, 0.6) is 5.75 Å². The quantitative estimate of drug-likeness (QED) is 0.730. The van der Waals surface area contributed by atoms with Crippen molar-refractivity contribution in [1.29, 1.82) is 0 Å². The van der Waals surface area contributed by atoms with E-state index in [1.165, 1.54) is 5.56 Å². The van der Waals surface area contributed by atoms with Gasteiger partial charge in [-0.15, -0.1) is 0 Å². The number of hydrogen-bond donors (Lipinski definition) is 2. The van der Waals surface area contributed by atoms with E-state index < -0.39 is 0 Å². The second-order valence-electron chi connectivity index (χ2n) is 5.08. The zero-order valence-corrected chi connectivity index (χ0v) is 13.0. The molecule has 1 aromatic carbocycles. The van der Waals surface area contributed by atoms with E-state index in [9.17, 15) is 5.11 Å². The third kappa shape index (κ3) is 5.12. The molecule has 114 valence electrons. The first-order chi connectivity index (χ1) is 9.62. The highest BCUT2D eigenvalue weighted by Gasteiger charge is 2.11. The van der Waals surface area contributed by atoms with Gasteiger partial charge in [0.1, 0.15) is 5.75 Å². The molecule has 0 aromatic heterocycles. The standard InChI is InChI=1S/C16H27NO3/c1-5-6-15(18)10-17-12(2)13-7-8-16(20-4)14(9-13)11-19-3/h7-9,12,15,17-18H,5-6,10-11H2,1-4H3. The Morgan fingerprint density at radius 2 is 2.05 bits per heavy atom. The number of nitrogens with one attached hydrogen (secondary N) is 1. The lowest BCUT2D eigenvalue weighted by Crippen LogP contribution is -2.29. The van der Waals surface area contributed by atoms with Crippen LogP contribution in [-0.2, 0) is 11.3 Å². The maximum Gasteiger partial charge on any atom is 0.124 e. The number of benzene rings is 1. The van der Waals surface area contributed by atoms with E-state index in [1.807, 2.05) is 12.1 Å². The van der Waals surface area contributed by atoms with Gasteiger partial charge in [-0.25, -0.2) is 0 Å². The summed E-state index contributed by atoms with van der Waals surface area (Å²) < 4.78 is 10.5. The molecule has 0 aliphatic rings. The minimum absolute atomic E-state index is 0.183. The van der Waals surface area contributed by atoms with Crippen LogP contribution < -0.4 is 10.1 Å². The fourth-order valence-corrected chi connectivity index (χ4v) is 2.20. The van der Waals surface area contributed by atoms with Gasteiger partial charge in [0.2, 0.25) is 0 Å². The third-order valence-electron chi connectivity index (χ3n) is 3.39. The second kappa shape index (κ2) is 8.95. The van der Waals surface area contributed by atoms with Crippen molar-refractivity contribution in [3.8, 4) is 5.75 Å². The highest BCUT2D eigenvalue weighted by atomic mass is 16.5. The average Bonchev–Trinajstić information content (AvgIpc) is 2.45. The highest BCUT2D eigenvalue weighted by Crippen LogP contribution is 2.24. The van der Waals surface area contributed by atoms with Gasteiger partial charge < -0.3 is 19.9 Å². The van der Waals surface area contributed by atoms with Crippen molar-refractivity contribution in [2.45, 2.75) is 45.4 Å². The fourth-order valence-electron chi connectivity index (χ4n) is 2.20. The average molecular weight is 281 g/mol. The molecule has 0 radical (unpaired) electrons. The van der Waals surface area contributed by atoms with Crippen molar-refractivity contribution >= 4 is 0 Å². The van der Waals surface area contributed by atoms with Crippen LogP contribution in [0.15, 0.2) is 18.2 Å². The van der Waals surface area contributed by atoms with Crippen molar-refractivity contribution in [3.63, 3.8) is 0 Å². The summed E-state index contributed by atoms with van der Waals surface area (Å²) in [5.41, 5.74) is 2.21. The van der Waals surface area contributed by atoms with Gasteiger partial charge in [0.15, 0.2) is 0 Å². The first kappa shape index (κ1) is 17.0. The smallest absolute Gasteiger partial charge is 0.124 e. The monoisotopic (exact) mass is 281 g/mol. The van der Waals surface area contributed by atoms with E-state index in [2.05, 4.69) is 25.2 Å². The predicted octanol–water partition coefficient (Wildman–Crippen LogP) is 2.65. The van der Waals surface area contributed by atoms with Gasteiger partial charge in [0.25, 0.3) is 0 Å². The molecule has 0 bridgehead atoms. The molecule has 1 aromatic rings. The summed E-state index contributed by atoms with van der Waals surface area (Å²) in [5, 5.41) is 13.1. The summed E-state index contributed by atoms with van der Waals surface area (Å²) in [7, 11) is 3.34. The molecule has 0 aliphatic carbocycles. The van der Waals surface area contributed by atoms with Crippen LogP contribution in [0.3, 0.4) is 0 Å². The van der Waals surface area contributed by atoms with Crippen LogP contribution >= 0.6 is 0 Å². The summed E-state index contributed by atoms with van der Waals surface area (Å²) in [5.74, 6) is 0.841. The lowest BCUT2D eigenvalue weighted by molar-refractivity contribution is 0.157. The van der Waals surface area contributed by atoms with Crippen molar-refractivity contribution in [2.75, 3.05) is 20.8 Å². The number of aliphatic hydroxyl groups excluding tert-OH is 1. The second-order valence-corrected chi connectivity index (χ2v) is 5.08. The molecular formula is C16H27NO3. The lowest BCUT2D eigenvalue weighted by Gasteiger charge is -2.19. The molecule has 0 fully saturated rings. The van der Waals surface area contributed by atoms with Crippen LogP contribution in [0.4, 0.5) is 0 Å². The van der Waals surface area contributed by atoms with E-state index in [4.69, 9.17) is 9.47 Å². The van der Waals surface area contributed by atoms with Crippen molar-refractivity contribution in [3.05, 3.63) is 29.3 Å². The molecule has 2 atom stereocenters. The van der Waals surface area contributed by atoms with Gasteiger partial charge in [0.05, 0.1) is 19.8 Å². The number of hydrogen-bond acceptors (Lipinski definition) is 4. The SMILES string of the molecule is CCCC(O)CNC(C)c1ccc(OC)c(COC)c1. The maximum atomic E-state index is 9.76. The molecule has 0 saturated heterocycles. The van der Waals surface area contributed by atoms with Gasteiger partial charge >= 0.3 is 0 Å². The van der Waals surface area contributed by atoms with Crippen LogP contribution in [0.2, 0.25) is 0 Å². The Hall–Kier alpha value is -1.10. The molecule has 2 N–H and O–H groups in total. The third-order valence-corrected chi connectivity index (χ3v) is 3.39. The summed E-state index contributed by atoms with van der Waals surface area (Å²) >= 11 is 0. The number of ether oxygens (including phenoxy) is 2. The lowest BCUT2D eigenvalue weighted by atomic mass is 10.0. The van der Waals surface area contributed by atoms with Gasteiger partial charge in [-0.2, -0.15) is 0 Å². The van der Waals surface area contributed by atoms with Crippen molar-refractivity contribution in [2.24, 2.45) is 0 Å². The van der Waals surface area contributed by atoms with Crippen LogP contribution in [0, 0.1) is 0 Å². The van der Waals surface area contributed by atoms with Gasteiger partial charge in [-0.1, -0.05) is 19.4 Å². The van der Waals surface area contributed by atoms with Crippen LogP contribution in [-0.4, -0.2) is 32.0 Å². The Labute approximate surface area is 122 Å². The van der Waals surface area contributed by atoms with Crippen molar-refractivity contribution in [1.82, 2.24) is 5.32 Å². The largest absolute Gasteiger partial charge is 0.496 e. The number of methoxy groups -OCH3 is 2. The van der Waals surface area contributed by atoms with E-state index in [1.54, 1.807) is 14.2 Å². The zero-order chi connectivity index (χ0) is 15.0. The molecule has 1 rings (SSSR count). The molecule has 4 heteroatoms. The molecule has 0 saturated carbocycles. The molecule has 4 nitrogen and oxygen atoms in total. The van der Waals surface area contributed by atoms with E-state index in [0.717, 1.165) is 24.2 Å². The first-order valence-corrected chi connectivity index (χ1v) is 7.19. The van der Waals surface area contributed by atoms with Gasteiger partial charge in [0, 0.05) is 25.3 Å².